The van der Waals surface area contributed by atoms with Gasteiger partial charge in [0.05, 0.1) is 19.3 Å². The summed E-state index contributed by atoms with van der Waals surface area (Å²) >= 11 is 5.26. The Hall–Kier alpha value is -2.19. The van der Waals surface area contributed by atoms with E-state index in [1.807, 2.05) is 12.1 Å². The van der Waals surface area contributed by atoms with Crippen LogP contribution >= 0.6 is 12.2 Å². The van der Waals surface area contributed by atoms with Gasteiger partial charge in [-0.15, -0.1) is 0 Å². The number of aliphatic hydroxyl groups is 1. The number of alkyl carbamates (subject to hydrolysis) is 2. The van der Waals surface area contributed by atoms with Crippen molar-refractivity contribution in [2.45, 2.75) is 45.8 Å². The maximum absolute atomic E-state index is 11.9. The van der Waals surface area contributed by atoms with Crippen LogP contribution in [0.25, 0.3) is 0 Å². The maximum atomic E-state index is 11.9. The molecule has 0 aliphatic carbocycles. The molecule has 1 aromatic carbocycles. The number of benzene rings is 1. The molecular formula is C18H26N2O5S. The van der Waals surface area contributed by atoms with Crippen molar-refractivity contribution in [3.63, 3.8) is 0 Å². The number of amides is 2. The first-order valence-corrected chi connectivity index (χ1v) is 8.73. The average Bonchev–Trinajstić information content (AvgIpc) is 2.53. The van der Waals surface area contributed by atoms with Crippen molar-refractivity contribution in [3.05, 3.63) is 35.4 Å². The van der Waals surface area contributed by atoms with E-state index in [2.05, 4.69) is 10.6 Å². The van der Waals surface area contributed by atoms with Crippen molar-refractivity contribution in [2.75, 3.05) is 13.2 Å². The van der Waals surface area contributed by atoms with Gasteiger partial charge in [-0.25, -0.2) is 9.59 Å². The van der Waals surface area contributed by atoms with Crippen LogP contribution in [0.1, 0.15) is 38.8 Å². The van der Waals surface area contributed by atoms with E-state index in [4.69, 9.17) is 21.7 Å². The predicted octanol–water partition coefficient (Wildman–Crippen LogP) is 2.54. The zero-order valence-corrected chi connectivity index (χ0v) is 16.3. The number of thiocarbonyl (C=S) groups is 1. The zero-order chi connectivity index (χ0) is 19.7. The monoisotopic (exact) mass is 382 g/mol. The van der Waals surface area contributed by atoms with Crippen LogP contribution in [0.3, 0.4) is 0 Å². The average molecular weight is 382 g/mol. The molecule has 3 N–H and O–H groups in total. The predicted molar refractivity (Wildman–Crippen MR) is 102 cm³/mol. The lowest BCUT2D eigenvalue weighted by Crippen LogP contribution is -2.42. The molecule has 1 rings (SSSR count). The van der Waals surface area contributed by atoms with Crippen LogP contribution in [0.5, 0.6) is 0 Å². The molecule has 2 amide bonds. The van der Waals surface area contributed by atoms with Crippen molar-refractivity contribution >= 4 is 29.4 Å². The topological polar surface area (TPSA) is 96.9 Å². The van der Waals surface area contributed by atoms with Crippen molar-refractivity contribution in [1.29, 1.82) is 0 Å². The van der Waals surface area contributed by atoms with E-state index in [1.54, 1.807) is 39.8 Å². The van der Waals surface area contributed by atoms with E-state index in [-0.39, 0.29) is 18.2 Å². The second kappa shape index (κ2) is 10.1. The van der Waals surface area contributed by atoms with Crippen molar-refractivity contribution < 1.29 is 24.2 Å². The molecule has 0 aliphatic rings. The highest BCUT2D eigenvalue weighted by Gasteiger charge is 2.21. The summed E-state index contributed by atoms with van der Waals surface area (Å²) in [7, 11) is 0. The summed E-state index contributed by atoms with van der Waals surface area (Å²) in [5.41, 5.74) is 0.761. The van der Waals surface area contributed by atoms with E-state index in [1.165, 1.54) is 0 Å². The quantitative estimate of drug-likeness (QED) is 0.654. The first-order chi connectivity index (χ1) is 12.2. The Morgan fingerprint density at radius 1 is 1.23 bits per heavy atom. The molecule has 0 unspecified atom stereocenters. The van der Waals surface area contributed by atoms with Crippen molar-refractivity contribution in [2.24, 2.45) is 0 Å². The number of nitrogens with one attached hydrogen (secondary N) is 2. The molecule has 0 fully saturated rings. The molecule has 0 bridgehead atoms. The van der Waals surface area contributed by atoms with Crippen LogP contribution in [0, 0.1) is 0 Å². The molecule has 7 nitrogen and oxygen atoms in total. The van der Waals surface area contributed by atoms with Gasteiger partial charge in [-0.3, -0.25) is 5.32 Å². The van der Waals surface area contributed by atoms with Gasteiger partial charge in [-0.1, -0.05) is 36.5 Å². The van der Waals surface area contributed by atoms with Gasteiger partial charge >= 0.3 is 12.2 Å². The normalized spacial score (nSPS) is 12.0. The van der Waals surface area contributed by atoms with Gasteiger partial charge in [0.1, 0.15) is 10.6 Å². The minimum absolute atomic E-state index is 0.216. The van der Waals surface area contributed by atoms with Crippen LogP contribution in [-0.2, 0) is 15.9 Å². The third-order valence-electron chi connectivity index (χ3n) is 3.16. The van der Waals surface area contributed by atoms with Crippen molar-refractivity contribution in [1.82, 2.24) is 10.6 Å². The van der Waals surface area contributed by atoms with Crippen molar-refractivity contribution in [3.8, 4) is 0 Å². The largest absolute Gasteiger partial charge is 0.450 e. The Morgan fingerprint density at radius 2 is 1.88 bits per heavy atom. The number of hydrogen-bond acceptors (Lipinski definition) is 6. The van der Waals surface area contributed by atoms with Gasteiger partial charge in [0.25, 0.3) is 0 Å². The van der Waals surface area contributed by atoms with E-state index in [0.29, 0.717) is 12.0 Å². The summed E-state index contributed by atoms with van der Waals surface area (Å²) in [5.74, 6) is 0. The third-order valence-corrected chi connectivity index (χ3v) is 3.48. The SMILES string of the molecule is CCOC(=O)NC(=S)c1ccccc1C[C@@H](CO)NC(=O)OC(C)(C)C. The number of hydrogen-bond donors (Lipinski definition) is 3. The van der Waals surface area contributed by atoms with E-state index in [9.17, 15) is 14.7 Å². The summed E-state index contributed by atoms with van der Waals surface area (Å²) in [5, 5.41) is 14.7. The van der Waals surface area contributed by atoms with Gasteiger partial charge in [-0.2, -0.15) is 0 Å². The fourth-order valence-corrected chi connectivity index (χ4v) is 2.43. The highest BCUT2D eigenvalue weighted by Crippen LogP contribution is 2.13. The molecule has 0 heterocycles. The Balaban J connectivity index is 2.83. The lowest BCUT2D eigenvalue weighted by molar-refractivity contribution is 0.0482. The summed E-state index contributed by atoms with van der Waals surface area (Å²) in [6, 6.07) is 6.61. The lowest BCUT2D eigenvalue weighted by Gasteiger charge is -2.23. The van der Waals surface area contributed by atoms with Crippen LogP contribution in [0.2, 0.25) is 0 Å². The Labute approximate surface area is 159 Å². The zero-order valence-electron chi connectivity index (χ0n) is 15.5. The van der Waals surface area contributed by atoms with Crippen LogP contribution in [-0.4, -0.2) is 47.1 Å². The first-order valence-electron chi connectivity index (χ1n) is 8.32. The van der Waals surface area contributed by atoms with Crippen LogP contribution in [0.4, 0.5) is 9.59 Å². The smallest absolute Gasteiger partial charge is 0.412 e. The molecule has 26 heavy (non-hydrogen) atoms. The van der Waals surface area contributed by atoms with Gasteiger partial charge in [0.15, 0.2) is 0 Å². The Kier molecular flexibility index (Phi) is 8.47. The van der Waals surface area contributed by atoms with Gasteiger partial charge in [0.2, 0.25) is 0 Å². The highest BCUT2D eigenvalue weighted by molar-refractivity contribution is 7.80. The van der Waals surface area contributed by atoms with E-state index < -0.39 is 23.8 Å². The molecule has 0 aromatic heterocycles. The van der Waals surface area contributed by atoms with Gasteiger partial charge in [0, 0.05) is 5.56 Å². The molecule has 0 spiro atoms. The summed E-state index contributed by atoms with van der Waals surface area (Å²) in [6.07, 6.45) is -0.921. The van der Waals surface area contributed by atoms with Crippen LogP contribution < -0.4 is 10.6 Å². The molecule has 1 aromatic rings. The molecule has 0 aliphatic heterocycles. The molecule has 8 heteroatoms. The summed E-state index contributed by atoms with van der Waals surface area (Å²) < 4.78 is 10.0. The van der Waals surface area contributed by atoms with Gasteiger partial charge < -0.3 is 19.9 Å². The molecule has 0 saturated heterocycles. The Bertz CT molecular complexity index is 643. The van der Waals surface area contributed by atoms with Crippen LogP contribution in [0.15, 0.2) is 24.3 Å². The molecule has 0 radical (unpaired) electrons. The fraction of sp³-hybridized carbons (Fsp3) is 0.500. The second-order valence-electron chi connectivity index (χ2n) is 6.56. The van der Waals surface area contributed by atoms with Gasteiger partial charge in [-0.05, 0) is 39.7 Å². The summed E-state index contributed by atoms with van der Waals surface area (Å²) in [4.78, 5) is 23.7. The summed E-state index contributed by atoms with van der Waals surface area (Å²) in [6.45, 7) is 6.94. The van der Waals surface area contributed by atoms with E-state index >= 15 is 0 Å². The third kappa shape index (κ3) is 7.79. The number of carbonyl (C=O) groups excluding carboxylic acids is 2. The minimum atomic E-state index is -0.632. The van der Waals surface area contributed by atoms with E-state index in [0.717, 1.165) is 5.56 Å². The number of carbonyl (C=O) groups is 2. The first kappa shape index (κ1) is 21.9. The molecular weight excluding hydrogens is 356 g/mol. The molecule has 1 atom stereocenters. The number of ether oxygens (including phenoxy) is 2. The maximum Gasteiger partial charge on any atom is 0.412 e. The number of aliphatic hydroxyl groups excluding tert-OH is 1. The highest BCUT2D eigenvalue weighted by atomic mass is 32.1. The molecule has 0 saturated carbocycles. The lowest BCUT2D eigenvalue weighted by atomic mass is 10.0. The molecule has 144 valence electrons. The second-order valence-corrected chi connectivity index (χ2v) is 6.97. The standard InChI is InChI=1S/C18H26N2O5S/c1-5-24-16(22)20-15(26)14-9-7-6-8-12(14)10-13(11-21)19-17(23)25-18(2,3)4/h6-9,13,21H,5,10-11H2,1-4H3,(H,19,23)(H,20,22,26)/t13-/m0/s1. The minimum Gasteiger partial charge on any atom is -0.450 e. The Morgan fingerprint density at radius 3 is 2.46 bits per heavy atom. The fourth-order valence-electron chi connectivity index (χ4n) is 2.15. The number of rotatable bonds is 6.